The van der Waals surface area contributed by atoms with Gasteiger partial charge in [-0.25, -0.2) is 8.42 Å². The standard InChI is InChI=1S/C9H11NO2S/c10-6-7-1-2-9-8(5-7)3-4-13(9,11)12/h1-2,5H,3-4,6,10H2. The third-order valence-electron chi connectivity index (χ3n) is 2.34. The average molecular weight is 197 g/mol. The molecule has 0 aliphatic carbocycles. The Morgan fingerprint density at radius 1 is 1.38 bits per heavy atom. The van der Waals surface area contributed by atoms with Crippen LogP contribution in [0, 0.1) is 0 Å². The molecule has 0 bridgehead atoms. The summed E-state index contributed by atoms with van der Waals surface area (Å²) < 4.78 is 22.8. The largest absolute Gasteiger partial charge is 0.326 e. The average Bonchev–Trinajstić information content (AvgIpc) is 2.42. The van der Waals surface area contributed by atoms with Gasteiger partial charge in [0.25, 0.3) is 0 Å². The zero-order valence-electron chi connectivity index (χ0n) is 7.16. The number of aryl methyl sites for hydroxylation is 1. The summed E-state index contributed by atoms with van der Waals surface area (Å²) >= 11 is 0. The van der Waals surface area contributed by atoms with Gasteiger partial charge in [0.05, 0.1) is 10.6 Å². The van der Waals surface area contributed by atoms with E-state index < -0.39 is 9.84 Å². The molecular formula is C9H11NO2S. The predicted octanol–water partition coefficient (Wildman–Crippen LogP) is 0.475. The molecule has 1 aliphatic heterocycles. The van der Waals surface area contributed by atoms with Crippen molar-refractivity contribution in [2.75, 3.05) is 5.75 Å². The number of rotatable bonds is 1. The van der Waals surface area contributed by atoms with Crippen molar-refractivity contribution in [1.82, 2.24) is 0 Å². The fraction of sp³-hybridized carbons (Fsp3) is 0.333. The molecule has 1 aromatic rings. The fourth-order valence-electron chi connectivity index (χ4n) is 1.61. The van der Waals surface area contributed by atoms with Crippen LogP contribution in [0.15, 0.2) is 23.1 Å². The predicted molar refractivity (Wildman–Crippen MR) is 50.1 cm³/mol. The van der Waals surface area contributed by atoms with Crippen LogP contribution in [0.25, 0.3) is 0 Å². The van der Waals surface area contributed by atoms with Crippen LogP contribution in [0.4, 0.5) is 0 Å². The molecule has 1 aromatic carbocycles. The molecule has 0 aromatic heterocycles. The first kappa shape index (κ1) is 8.72. The SMILES string of the molecule is NCc1ccc2c(c1)CCS2(=O)=O. The molecule has 0 spiro atoms. The molecule has 0 saturated heterocycles. The molecular weight excluding hydrogens is 186 g/mol. The van der Waals surface area contributed by atoms with E-state index in [-0.39, 0.29) is 5.75 Å². The van der Waals surface area contributed by atoms with Gasteiger partial charge in [0.2, 0.25) is 0 Å². The lowest BCUT2D eigenvalue weighted by atomic mass is 10.1. The fourth-order valence-corrected chi connectivity index (χ4v) is 3.16. The zero-order chi connectivity index (χ0) is 9.47. The molecule has 13 heavy (non-hydrogen) atoms. The third kappa shape index (κ3) is 1.36. The maximum Gasteiger partial charge on any atom is 0.178 e. The van der Waals surface area contributed by atoms with E-state index >= 15 is 0 Å². The second-order valence-electron chi connectivity index (χ2n) is 3.22. The van der Waals surface area contributed by atoms with E-state index in [0.717, 1.165) is 11.1 Å². The molecule has 1 aliphatic rings. The van der Waals surface area contributed by atoms with Crippen molar-refractivity contribution in [3.05, 3.63) is 29.3 Å². The van der Waals surface area contributed by atoms with Gasteiger partial charge in [-0.05, 0) is 23.6 Å². The van der Waals surface area contributed by atoms with E-state index in [0.29, 0.717) is 17.9 Å². The Bertz CT molecular complexity index is 437. The summed E-state index contributed by atoms with van der Waals surface area (Å²) in [5.74, 6) is 0.246. The Balaban J connectivity index is 2.59. The van der Waals surface area contributed by atoms with Crippen LogP contribution in [-0.2, 0) is 22.8 Å². The number of hydrogen-bond donors (Lipinski definition) is 1. The van der Waals surface area contributed by atoms with Crippen LogP contribution in [0.5, 0.6) is 0 Å². The molecule has 4 heteroatoms. The quantitative estimate of drug-likeness (QED) is 0.712. The molecule has 0 atom stereocenters. The summed E-state index contributed by atoms with van der Waals surface area (Å²) in [6.07, 6.45) is 0.630. The van der Waals surface area contributed by atoms with Gasteiger partial charge in [-0.1, -0.05) is 12.1 Å². The first-order valence-electron chi connectivity index (χ1n) is 4.18. The first-order valence-corrected chi connectivity index (χ1v) is 5.83. The van der Waals surface area contributed by atoms with Gasteiger partial charge in [0.1, 0.15) is 0 Å². The smallest absolute Gasteiger partial charge is 0.178 e. The second kappa shape index (κ2) is 2.82. The minimum absolute atomic E-state index is 0.246. The van der Waals surface area contributed by atoms with Crippen molar-refractivity contribution in [1.29, 1.82) is 0 Å². The highest BCUT2D eigenvalue weighted by Crippen LogP contribution is 2.26. The van der Waals surface area contributed by atoms with Crippen LogP contribution in [0.3, 0.4) is 0 Å². The molecule has 0 amide bonds. The molecule has 2 rings (SSSR count). The van der Waals surface area contributed by atoms with Crippen molar-refractivity contribution in [3.63, 3.8) is 0 Å². The van der Waals surface area contributed by atoms with Crippen molar-refractivity contribution in [2.24, 2.45) is 5.73 Å². The Kier molecular flexibility index (Phi) is 1.89. The number of sulfone groups is 1. The van der Waals surface area contributed by atoms with Gasteiger partial charge in [0, 0.05) is 6.54 Å². The molecule has 1 heterocycles. The summed E-state index contributed by atoms with van der Waals surface area (Å²) in [5.41, 5.74) is 7.38. The molecule has 3 nitrogen and oxygen atoms in total. The molecule has 0 radical (unpaired) electrons. The Morgan fingerprint density at radius 2 is 2.15 bits per heavy atom. The minimum atomic E-state index is -2.97. The van der Waals surface area contributed by atoms with E-state index in [9.17, 15) is 8.42 Å². The highest BCUT2D eigenvalue weighted by Gasteiger charge is 2.25. The minimum Gasteiger partial charge on any atom is -0.326 e. The van der Waals surface area contributed by atoms with E-state index in [4.69, 9.17) is 5.73 Å². The maximum absolute atomic E-state index is 11.4. The summed E-state index contributed by atoms with van der Waals surface area (Å²) in [4.78, 5) is 0.490. The summed E-state index contributed by atoms with van der Waals surface area (Å²) in [5, 5.41) is 0. The molecule has 0 saturated carbocycles. The van der Waals surface area contributed by atoms with Crippen molar-refractivity contribution in [2.45, 2.75) is 17.9 Å². The van der Waals surface area contributed by atoms with Crippen molar-refractivity contribution >= 4 is 9.84 Å². The number of nitrogens with two attached hydrogens (primary N) is 1. The van der Waals surface area contributed by atoms with E-state index in [2.05, 4.69) is 0 Å². The maximum atomic E-state index is 11.4. The van der Waals surface area contributed by atoms with Gasteiger partial charge in [-0.2, -0.15) is 0 Å². The van der Waals surface area contributed by atoms with Crippen LogP contribution < -0.4 is 5.73 Å². The van der Waals surface area contributed by atoms with E-state index in [1.54, 1.807) is 12.1 Å². The lowest BCUT2D eigenvalue weighted by molar-refractivity contribution is 0.600. The Labute approximate surface area is 77.5 Å². The number of hydrogen-bond acceptors (Lipinski definition) is 3. The third-order valence-corrected chi connectivity index (χ3v) is 4.15. The van der Waals surface area contributed by atoms with Crippen LogP contribution in [0.2, 0.25) is 0 Å². The zero-order valence-corrected chi connectivity index (χ0v) is 7.97. The first-order chi connectivity index (χ1) is 6.13. The lowest BCUT2D eigenvalue weighted by Gasteiger charge is -2.00. The van der Waals surface area contributed by atoms with Crippen LogP contribution in [-0.4, -0.2) is 14.2 Å². The highest BCUT2D eigenvalue weighted by molar-refractivity contribution is 7.91. The number of benzene rings is 1. The van der Waals surface area contributed by atoms with Gasteiger partial charge >= 0.3 is 0 Å². The Hall–Kier alpha value is -0.870. The summed E-state index contributed by atoms with van der Waals surface area (Å²) in [6, 6.07) is 5.33. The number of fused-ring (bicyclic) bond motifs is 1. The highest BCUT2D eigenvalue weighted by atomic mass is 32.2. The molecule has 0 fully saturated rings. The molecule has 70 valence electrons. The monoisotopic (exact) mass is 197 g/mol. The van der Waals surface area contributed by atoms with Gasteiger partial charge in [-0.15, -0.1) is 0 Å². The van der Waals surface area contributed by atoms with Gasteiger partial charge < -0.3 is 5.73 Å². The van der Waals surface area contributed by atoms with Gasteiger partial charge in [0.15, 0.2) is 9.84 Å². The molecule has 0 unspecified atom stereocenters. The van der Waals surface area contributed by atoms with Crippen LogP contribution >= 0.6 is 0 Å². The normalized spacial score (nSPS) is 18.5. The summed E-state index contributed by atoms with van der Waals surface area (Å²) in [6.45, 7) is 0.466. The van der Waals surface area contributed by atoms with Crippen molar-refractivity contribution in [3.8, 4) is 0 Å². The van der Waals surface area contributed by atoms with E-state index in [1.807, 2.05) is 6.07 Å². The van der Waals surface area contributed by atoms with Crippen LogP contribution in [0.1, 0.15) is 11.1 Å². The van der Waals surface area contributed by atoms with Crippen molar-refractivity contribution < 1.29 is 8.42 Å². The second-order valence-corrected chi connectivity index (χ2v) is 5.29. The summed E-state index contributed by atoms with van der Waals surface area (Å²) in [7, 11) is -2.97. The topological polar surface area (TPSA) is 60.2 Å². The lowest BCUT2D eigenvalue weighted by Crippen LogP contribution is -1.99. The molecule has 2 N–H and O–H groups in total. The van der Waals surface area contributed by atoms with Gasteiger partial charge in [-0.3, -0.25) is 0 Å². The van der Waals surface area contributed by atoms with E-state index in [1.165, 1.54) is 0 Å². The Morgan fingerprint density at radius 3 is 2.85 bits per heavy atom.